The molecule has 3 N–H and O–H groups in total. The van der Waals surface area contributed by atoms with E-state index in [2.05, 4.69) is 22.3 Å². The Morgan fingerprint density at radius 3 is 2.38 bits per heavy atom. The number of hydrogen-bond donors (Lipinski definition) is 3. The van der Waals surface area contributed by atoms with E-state index >= 15 is 0 Å². The Bertz CT molecular complexity index is 610. The molecule has 0 fully saturated rings. The number of aliphatic hydroxyl groups is 1. The SMILES string of the molecule is CCCCCCC/C=C\C=C(/C)C(=O)NC(CO)C(=O)N/C(=C/OC)C(=O)OC. The molecule has 0 rings (SSSR count). The Morgan fingerprint density at radius 2 is 1.79 bits per heavy atom. The van der Waals surface area contributed by atoms with Gasteiger partial charge in [-0.15, -0.1) is 0 Å². The lowest BCUT2D eigenvalue weighted by atomic mass is 10.1. The van der Waals surface area contributed by atoms with Crippen molar-refractivity contribution in [3.05, 3.63) is 35.8 Å². The van der Waals surface area contributed by atoms with E-state index in [0.29, 0.717) is 5.57 Å². The Labute approximate surface area is 173 Å². The van der Waals surface area contributed by atoms with Gasteiger partial charge < -0.3 is 25.2 Å². The number of rotatable bonds is 14. The van der Waals surface area contributed by atoms with Gasteiger partial charge in [-0.3, -0.25) is 9.59 Å². The number of nitrogens with one attached hydrogen (secondary N) is 2. The van der Waals surface area contributed by atoms with E-state index in [-0.39, 0.29) is 5.70 Å². The molecule has 0 aromatic heterocycles. The number of esters is 1. The first-order chi connectivity index (χ1) is 13.9. The first-order valence-electron chi connectivity index (χ1n) is 9.78. The number of amides is 2. The fraction of sp³-hybridized carbons (Fsp3) is 0.571. The van der Waals surface area contributed by atoms with E-state index in [1.165, 1.54) is 32.8 Å². The van der Waals surface area contributed by atoms with Crippen LogP contribution in [0.4, 0.5) is 0 Å². The highest BCUT2D eigenvalue weighted by Crippen LogP contribution is 2.06. The molecular weight excluding hydrogens is 376 g/mol. The third kappa shape index (κ3) is 11.7. The summed E-state index contributed by atoms with van der Waals surface area (Å²) < 4.78 is 9.23. The lowest BCUT2D eigenvalue weighted by Gasteiger charge is -2.17. The highest BCUT2D eigenvalue weighted by Gasteiger charge is 2.23. The van der Waals surface area contributed by atoms with Gasteiger partial charge in [-0.05, 0) is 19.8 Å². The summed E-state index contributed by atoms with van der Waals surface area (Å²) in [6.07, 6.45) is 13.4. The fourth-order valence-electron chi connectivity index (χ4n) is 2.29. The molecule has 0 spiro atoms. The van der Waals surface area contributed by atoms with Crippen LogP contribution >= 0.6 is 0 Å². The molecule has 0 aromatic carbocycles. The zero-order valence-electron chi connectivity index (χ0n) is 17.8. The lowest BCUT2D eigenvalue weighted by Crippen LogP contribution is -2.49. The highest BCUT2D eigenvalue weighted by molar-refractivity contribution is 5.99. The van der Waals surface area contributed by atoms with E-state index < -0.39 is 30.4 Å². The van der Waals surface area contributed by atoms with Crippen molar-refractivity contribution >= 4 is 17.8 Å². The number of allylic oxidation sites excluding steroid dienone is 3. The number of carbonyl (C=O) groups is 3. The normalized spacial score (nSPS) is 13.1. The van der Waals surface area contributed by atoms with Crippen molar-refractivity contribution in [3.63, 3.8) is 0 Å². The van der Waals surface area contributed by atoms with Crippen LogP contribution in [0.25, 0.3) is 0 Å². The number of unbranched alkanes of at least 4 members (excludes halogenated alkanes) is 5. The minimum atomic E-state index is -1.24. The van der Waals surface area contributed by atoms with Gasteiger partial charge in [0.05, 0.1) is 20.8 Å². The molecule has 0 saturated carbocycles. The van der Waals surface area contributed by atoms with E-state index in [0.717, 1.165) is 26.2 Å². The van der Waals surface area contributed by atoms with E-state index in [1.54, 1.807) is 19.1 Å². The van der Waals surface area contributed by atoms with E-state index in [1.807, 2.05) is 6.08 Å². The molecule has 8 nitrogen and oxygen atoms in total. The van der Waals surface area contributed by atoms with Gasteiger partial charge in [0, 0.05) is 5.57 Å². The second-order valence-corrected chi connectivity index (χ2v) is 6.44. The number of carbonyl (C=O) groups excluding carboxylic acids is 3. The Kier molecular flexibility index (Phi) is 14.9. The Hall–Kier alpha value is -2.61. The van der Waals surface area contributed by atoms with Crippen LogP contribution in [0.5, 0.6) is 0 Å². The molecule has 1 unspecified atom stereocenters. The molecule has 1 atom stereocenters. The standard InChI is InChI=1S/C21H34N2O6/c1-5-6-7-8-9-10-11-12-13-16(2)19(25)22-17(14-24)20(26)23-18(15-28-3)21(27)29-4/h11-13,15,17,24H,5-10,14H2,1-4H3,(H,22,25)(H,23,26)/b12-11-,16-13+,18-15+. The van der Waals surface area contributed by atoms with Crippen LogP contribution in [-0.2, 0) is 23.9 Å². The van der Waals surface area contributed by atoms with Crippen LogP contribution in [-0.4, -0.2) is 49.8 Å². The van der Waals surface area contributed by atoms with Gasteiger partial charge in [0.2, 0.25) is 11.8 Å². The molecule has 29 heavy (non-hydrogen) atoms. The number of hydrogen-bond acceptors (Lipinski definition) is 6. The van der Waals surface area contributed by atoms with Crippen molar-refractivity contribution in [1.29, 1.82) is 0 Å². The predicted octanol–water partition coefficient (Wildman–Crippen LogP) is 2.10. The molecule has 0 bridgehead atoms. The van der Waals surface area contributed by atoms with Gasteiger partial charge in [-0.25, -0.2) is 4.79 Å². The molecule has 0 aliphatic heterocycles. The second kappa shape index (κ2) is 16.4. The van der Waals surface area contributed by atoms with Gasteiger partial charge in [-0.1, -0.05) is 50.8 Å². The molecule has 0 aliphatic rings. The number of methoxy groups -OCH3 is 2. The Morgan fingerprint density at radius 1 is 1.10 bits per heavy atom. The smallest absolute Gasteiger partial charge is 0.357 e. The molecule has 0 heterocycles. The summed E-state index contributed by atoms with van der Waals surface area (Å²) in [6.45, 7) is 3.15. The monoisotopic (exact) mass is 410 g/mol. The number of ether oxygens (including phenoxy) is 2. The summed E-state index contributed by atoms with van der Waals surface area (Å²) >= 11 is 0. The highest BCUT2D eigenvalue weighted by atomic mass is 16.5. The maximum Gasteiger partial charge on any atom is 0.357 e. The quantitative estimate of drug-likeness (QED) is 0.133. The predicted molar refractivity (Wildman–Crippen MR) is 111 cm³/mol. The molecular formula is C21H34N2O6. The van der Waals surface area contributed by atoms with Gasteiger partial charge >= 0.3 is 5.97 Å². The first-order valence-corrected chi connectivity index (χ1v) is 9.78. The molecule has 8 heteroatoms. The van der Waals surface area contributed by atoms with Gasteiger partial charge in [0.25, 0.3) is 0 Å². The van der Waals surface area contributed by atoms with Crippen molar-refractivity contribution in [3.8, 4) is 0 Å². The van der Waals surface area contributed by atoms with Crippen LogP contribution in [0.2, 0.25) is 0 Å². The minimum Gasteiger partial charge on any atom is -0.502 e. The van der Waals surface area contributed by atoms with Gasteiger partial charge in [0.15, 0.2) is 5.70 Å². The van der Waals surface area contributed by atoms with Crippen molar-refractivity contribution < 1.29 is 29.0 Å². The molecule has 0 radical (unpaired) electrons. The van der Waals surface area contributed by atoms with Crippen LogP contribution in [0.3, 0.4) is 0 Å². The Balaban J connectivity index is 4.66. The zero-order chi connectivity index (χ0) is 22.1. The molecule has 2 amide bonds. The third-order valence-corrected chi connectivity index (χ3v) is 4.02. The largest absolute Gasteiger partial charge is 0.502 e. The maximum atomic E-state index is 12.2. The van der Waals surface area contributed by atoms with Gasteiger partial charge in [-0.2, -0.15) is 0 Å². The molecule has 0 aromatic rings. The van der Waals surface area contributed by atoms with Crippen molar-refractivity contribution in [2.45, 2.75) is 58.4 Å². The average Bonchev–Trinajstić information content (AvgIpc) is 2.72. The second-order valence-electron chi connectivity index (χ2n) is 6.44. The van der Waals surface area contributed by atoms with Crippen molar-refractivity contribution in [2.75, 3.05) is 20.8 Å². The summed E-state index contributed by atoms with van der Waals surface area (Å²) in [6, 6.07) is -1.24. The van der Waals surface area contributed by atoms with E-state index in [9.17, 15) is 19.5 Å². The summed E-state index contributed by atoms with van der Waals surface area (Å²) in [5, 5.41) is 14.1. The van der Waals surface area contributed by atoms with Crippen molar-refractivity contribution in [1.82, 2.24) is 10.6 Å². The first kappa shape index (κ1) is 26.4. The van der Waals surface area contributed by atoms with Crippen LogP contribution in [0, 0.1) is 0 Å². The van der Waals surface area contributed by atoms with Crippen LogP contribution in [0.1, 0.15) is 52.4 Å². The van der Waals surface area contributed by atoms with E-state index in [4.69, 9.17) is 4.74 Å². The minimum absolute atomic E-state index is 0.248. The van der Waals surface area contributed by atoms with Gasteiger partial charge in [0.1, 0.15) is 12.3 Å². The summed E-state index contributed by atoms with van der Waals surface area (Å²) in [4.78, 5) is 36.0. The third-order valence-electron chi connectivity index (χ3n) is 4.02. The summed E-state index contributed by atoms with van der Waals surface area (Å²) in [5.74, 6) is -2.09. The summed E-state index contributed by atoms with van der Waals surface area (Å²) in [5.41, 5.74) is 0.140. The zero-order valence-corrected chi connectivity index (χ0v) is 17.8. The number of aliphatic hydroxyl groups excluding tert-OH is 1. The molecule has 0 aliphatic carbocycles. The van der Waals surface area contributed by atoms with Crippen LogP contribution in [0.15, 0.2) is 35.8 Å². The average molecular weight is 411 g/mol. The maximum absolute atomic E-state index is 12.2. The molecule has 164 valence electrons. The summed E-state index contributed by atoms with van der Waals surface area (Å²) in [7, 11) is 2.45. The fourth-order valence-corrected chi connectivity index (χ4v) is 2.29. The topological polar surface area (TPSA) is 114 Å². The molecule has 0 saturated heterocycles. The van der Waals surface area contributed by atoms with Crippen molar-refractivity contribution in [2.24, 2.45) is 0 Å². The van der Waals surface area contributed by atoms with Crippen LogP contribution < -0.4 is 10.6 Å². The lowest BCUT2D eigenvalue weighted by molar-refractivity contribution is -0.138.